The van der Waals surface area contributed by atoms with Crippen molar-refractivity contribution in [3.05, 3.63) is 17.8 Å². The maximum absolute atomic E-state index is 8.43. The van der Waals surface area contributed by atoms with E-state index in [4.69, 9.17) is 20.4 Å². The van der Waals surface area contributed by atoms with Crippen molar-refractivity contribution < 1.29 is 14.7 Å². The van der Waals surface area contributed by atoms with E-state index in [1.165, 1.54) is 14.2 Å². The van der Waals surface area contributed by atoms with Gasteiger partial charge in [-0.15, -0.1) is 0 Å². The number of hydrogen-bond donors (Lipinski definition) is 2. The zero-order chi connectivity index (χ0) is 10.6. The first kappa shape index (κ1) is 10.1. The van der Waals surface area contributed by atoms with Gasteiger partial charge in [0, 0.05) is 0 Å². The highest BCUT2D eigenvalue weighted by molar-refractivity contribution is 5.95. The second kappa shape index (κ2) is 4.31. The summed E-state index contributed by atoms with van der Waals surface area (Å²) in [6.45, 7) is 0. The average molecular weight is 197 g/mol. The molecule has 1 aromatic heterocycles. The van der Waals surface area contributed by atoms with Gasteiger partial charge >= 0.3 is 0 Å². The Labute approximate surface area is 81.0 Å². The SMILES string of the molecule is COc1ccc(/C(N)=N\O)nc1OC. The number of amidine groups is 1. The second-order valence-corrected chi connectivity index (χ2v) is 2.39. The third-order valence-electron chi connectivity index (χ3n) is 1.61. The van der Waals surface area contributed by atoms with E-state index in [9.17, 15) is 0 Å². The normalized spacial score (nSPS) is 11.1. The molecule has 0 aromatic carbocycles. The summed E-state index contributed by atoms with van der Waals surface area (Å²) in [6, 6.07) is 3.19. The summed E-state index contributed by atoms with van der Waals surface area (Å²) in [5, 5.41) is 11.3. The summed E-state index contributed by atoms with van der Waals surface area (Å²) in [7, 11) is 2.96. The Balaban J connectivity index is 3.14. The molecule has 0 aliphatic rings. The Morgan fingerprint density at radius 3 is 2.64 bits per heavy atom. The number of rotatable bonds is 3. The molecule has 0 saturated heterocycles. The molecule has 0 aliphatic heterocycles. The van der Waals surface area contributed by atoms with E-state index < -0.39 is 0 Å². The quantitative estimate of drug-likeness (QED) is 0.312. The molecule has 1 heterocycles. The van der Waals surface area contributed by atoms with Gasteiger partial charge in [-0.25, -0.2) is 4.98 Å². The van der Waals surface area contributed by atoms with Crippen molar-refractivity contribution in [2.24, 2.45) is 10.9 Å². The van der Waals surface area contributed by atoms with Gasteiger partial charge in [0.05, 0.1) is 14.2 Å². The van der Waals surface area contributed by atoms with Crippen molar-refractivity contribution in [1.82, 2.24) is 4.98 Å². The van der Waals surface area contributed by atoms with Crippen molar-refractivity contribution >= 4 is 5.84 Å². The summed E-state index contributed by atoms with van der Waals surface area (Å²) in [6.07, 6.45) is 0. The molecule has 76 valence electrons. The highest BCUT2D eigenvalue weighted by Gasteiger charge is 2.08. The number of aromatic nitrogens is 1. The first-order chi connectivity index (χ1) is 6.72. The topological polar surface area (TPSA) is 90.0 Å². The number of hydrogen-bond acceptors (Lipinski definition) is 5. The maximum Gasteiger partial charge on any atom is 0.257 e. The summed E-state index contributed by atoms with van der Waals surface area (Å²) in [4.78, 5) is 3.97. The van der Waals surface area contributed by atoms with Gasteiger partial charge in [0.25, 0.3) is 5.88 Å². The van der Waals surface area contributed by atoms with Crippen LogP contribution in [0, 0.1) is 0 Å². The molecular weight excluding hydrogens is 186 g/mol. The third kappa shape index (κ3) is 1.85. The Kier molecular flexibility index (Phi) is 3.11. The fraction of sp³-hybridized carbons (Fsp3) is 0.250. The Morgan fingerprint density at radius 1 is 1.43 bits per heavy atom. The predicted octanol–water partition coefficient (Wildman–Crippen LogP) is 0.193. The van der Waals surface area contributed by atoms with E-state index in [-0.39, 0.29) is 11.7 Å². The first-order valence-corrected chi connectivity index (χ1v) is 3.79. The van der Waals surface area contributed by atoms with Crippen LogP contribution in [-0.2, 0) is 0 Å². The smallest absolute Gasteiger partial charge is 0.257 e. The van der Waals surface area contributed by atoms with Gasteiger partial charge in [-0.05, 0) is 12.1 Å². The molecule has 0 atom stereocenters. The molecular formula is C8H11N3O3. The van der Waals surface area contributed by atoms with Crippen LogP contribution in [0.1, 0.15) is 5.69 Å². The van der Waals surface area contributed by atoms with Crippen LogP contribution in [0.3, 0.4) is 0 Å². The number of pyridine rings is 1. The van der Waals surface area contributed by atoms with E-state index in [0.717, 1.165) is 0 Å². The zero-order valence-electron chi connectivity index (χ0n) is 7.89. The molecule has 1 aromatic rings. The monoisotopic (exact) mass is 197 g/mol. The molecule has 6 nitrogen and oxygen atoms in total. The molecule has 1 rings (SSSR count). The van der Waals surface area contributed by atoms with E-state index in [1.807, 2.05) is 0 Å². The summed E-state index contributed by atoms with van der Waals surface area (Å²) < 4.78 is 9.92. The van der Waals surface area contributed by atoms with Crippen LogP contribution in [0.2, 0.25) is 0 Å². The number of oxime groups is 1. The summed E-state index contributed by atoms with van der Waals surface area (Å²) >= 11 is 0. The van der Waals surface area contributed by atoms with Crippen LogP contribution in [0.15, 0.2) is 17.3 Å². The largest absolute Gasteiger partial charge is 0.491 e. The predicted molar refractivity (Wildman–Crippen MR) is 49.9 cm³/mol. The lowest BCUT2D eigenvalue weighted by molar-refractivity contribution is 0.318. The van der Waals surface area contributed by atoms with Gasteiger partial charge in [0.1, 0.15) is 5.69 Å². The van der Waals surface area contributed by atoms with Crippen LogP contribution in [-0.4, -0.2) is 30.2 Å². The van der Waals surface area contributed by atoms with Crippen molar-refractivity contribution in [3.63, 3.8) is 0 Å². The lowest BCUT2D eigenvalue weighted by atomic mass is 10.3. The number of methoxy groups -OCH3 is 2. The molecule has 14 heavy (non-hydrogen) atoms. The fourth-order valence-electron chi connectivity index (χ4n) is 0.923. The highest BCUT2D eigenvalue weighted by Crippen LogP contribution is 2.23. The molecule has 0 radical (unpaired) electrons. The minimum absolute atomic E-state index is 0.0778. The molecule has 0 unspecified atom stereocenters. The molecule has 3 N–H and O–H groups in total. The van der Waals surface area contributed by atoms with E-state index in [1.54, 1.807) is 12.1 Å². The molecule has 0 fully saturated rings. The van der Waals surface area contributed by atoms with E-state index in [0.29, 0.717) is 11.4 Å². The molecule has 6 heteroatoms. The minimum atomic E-state index is -0.0778. The van der Waals surface area contributed by atoms with Crippen molar-refractivity contribution in [2.75, 3.05) is 14.2 Å². The van der Waals surface area contributed by atoms with Gasteiger partial charge in [0.15, 0.2) is 11.6 Å². The van der Waals surface area contributed by atoms with E-state index >= 15 is 0 Å². The van der Waals surface area contributed by atoms with Crippen LogP contribution < -0.4 is 15.2 Å². The van der Waals surface area contributed by atoms with Gasteiger partial charge in [-0.2, -0.15) is 0 Å². The Hall–Kier alpha value is -1.98. The number of ether oxygens (including phenoxy) is 2. The highest BCUT2D eigenvalue weighted by atomic mass is 16.5. The second-order valence-electron chi connectivity index (χ2n) is 2.39. The Bertz CT molecular complexity index is 352. The molecule has 0 aliphatic carbocycles. The molecule has 0 bridgehead atoms. The minimum Gasteiger partial charge on any atom is -0.491 e. The summed E-state index contributed by atoms with van der Waals surface area (Å²) in [5.74, 6) is 0.699. The molecule has 0 amide bonds. The van der Waals surface area contributed by atoms with Gasteiger partial charge in [-0.3, -0.25) is 0 Å². The van der Waals surface area contributed by atoms with Crippen molar-refractivity contribution in [3.8, 4) is 11.6 Å². The number of nitrogens with two attached hydrogens (primary N) is 1. The van der Waals surface area contributed by atoms with Crippen molar-refractivity contribution in [2.45, 2.75) is 0 Å². The summed E-state index contributed by atoms with van der Waals surface area (Å²) in [5.41, 5.74) is 5.67. The van der Waals surface area contributed by atoms with Crippen LogP contribution >= 0.6 is 0 Å². The molecule has 0 spiro atoms. The van der Waals surface area contributed by atoms with E-state index in [2.05, 4.69) is 10.1 Å². The van der Waals surface area contributed by atoms with Crippen LogP contribution in [0.4, 0.5) is 0 Å². The number of nitrogens with zero attached hydrogens (tertiary/aromatic N) is 2. The average Bonchev–Trinajstić information content (AvgIpc) is 2.26. The van der Waals surface area contributed by atoms with Crippen molar-refractivity contribution in [1.29, 1.82) is 0 Å². The van der Waals surface area contributed by atoms with Gasteiger partial charge < -0.3 is 20.4 Å². The maximum atomic E-state index is 8.43. The standard InChI is InChI=1S/C8H11N3O3/c1-13-6-4-3-5(7(9)11-12)10-8(6)14-2/h3-4,12H,1-2H3,(H2,9,11). The van der Waals surface area contributed by atoms with Gasteiger partial charge in [-0.1, -0.05) is 5.16 Å². The zero-order valence-corrected chi connectivity index (χ0v) is 7.89. The third-order valence-corrected chi connectivity index (χ3v) is 1.61. The lowest BCUT2D eigenvalue weighted by Crippen LogP contribution is -2.15. The molecule has 0 saturated carbocycles. The first-order valence-electron chi connectivity index (χ1n) is 3.79. The van der Waals surface area contributed by atoms with Crippen LogP contribution in [0.25, 0.3) is 0 Å². The van der Waals surface area contributed by atoms with Crippen LogP contribution in [0.5, 0.6) is 11.6 Å². The fourth-order valence-corrected chi connectivity index (χ4v) is 0.923. The Morgan fingerprint density at radius 2 is 2.14 bits per heavy atom. The lowest BCUT2D eigenvalue weighted by Gasteiger charge is -2.06. The van der Waals surface area contributed by atoms with Gasteiger partial charge in [0.2, 0.25) is 0 Å².